The Morgan fingerprint density at radius 3 is 2.70 bits per heavy atom. The number of hydrogen-bond donors (Lipinski definition) is 1. The second-order valence-corrected chi connectivity index (χ2v) is 5.65. The van der Waals surface area contributed by atoms with Crippen LogP contribution in [0.25, 0.3) is 5.69 Å². The summed E-state index contributed by atoms with van der Waals surface area (Å²) in [7, 11) is 0. The van der Waals surface area contributed by atoms with Gasteiger partial charge >= 0.3 is 0 Å². The molecule has 2 heterocycles. The lowest BCUT2D eigenvalue weighted by atomic mass is 9.99. The van der Waals surface area contributed by atoms with Gasteiger partial charge in [0.1, 0.15) is 11.6 Å². The van der Waals surface area contributed by atoms with Crippen LogP contribution in [-0.2, 0) is 6.54 Å². The zero-order valence-corrected chi connectivity index (χ0v) is 12.6. The Kier molecular flexibility index (Phi) is 3.05. The molecule has 0 saturated heterocycles. The largest absolute Gasteiger partial charge is 0.508 e. The van der Waals surface area contributed by atoms with Gasteiger partial charge in [-0.1, -0.05) is 12.1 Å². The zero-order chi connectivity index (χ0) is 16.0. The third-order valence-corrected chi connectivity index (χ3v) is 4.16. The number of nitrogens with zero attached hydrogens (tertiary/aromatic N) is 2. The van der Waals surface area contributed by atoms with Crippen molar-refractivity contribution in [2.75, 3.05) is 0 Å². The van der Waals surface area contributed by atoms with E-state index in [4.69, 9.17) is 0 Å². The highest BCUT2D eigenvalue weighted by molar-refractivity contribution is 6.15. The lowest BCUT2D eigenvalue weighted by Gasteiger charge is -2.14. The normalized spacial score (nSPS) is 13.0. The molecule has 0 fully saturated rings. The number of phenols is 1. The first kappa shape index (κ1) is 13.8. The van der Waals surface area contributed by atoms with Gasteiger partial charge in [0.15, 0.2) is 0 Å². The maximum absolute atomic E-state index is 14.3. The molecule has 0 radical (unpaired) electrons. The molecule has 0 spiro atoms. The van der Waals surface area contributed by atoms with Crippen LogP contribution in [0.2, 0.25) is 0 Å². The highest BCUT2D eigenvalue weighted by Crippen LogP contribution is 2.30. The second-order valence-electron chi connectivity index (χ2n) is 5.65. The van der Waals surface area contributed by atoms with E-state index in [9.17, 15) is 9.50 Å². The van der Waals surface area contributed by atoms with Crippen molar-refractivity contribution in [2.45, 2.75) is 13.5 Å². The van der Waals surface area contributed by atoms with Crippen molar-refractivity contribution in [1.29, 1.82) is 0 Å². The third-order valence-electron chi connectivity index (χ3n) is 4.16. The van der Waals surface area contributed by atoms with Gasteiger partial charge in [0.2, 0.25) is 0 Å². The van der Waals surface area contributed by atoms with Crippen LogP contribution in [0.15, 0.2) is 59.6 Å². The third kappa shape index (κ3) is 2.14. The van der Waals surface area contributed by atoms with Gasteiger partial charge in [-0.3, -0.25) is 4.99 Å². The van der Waals surface area contributed by atoms with Crippen molar-refractivity contribution in [3.8, 4) is 11.4 Å². The lowest BCUT2D eigenvalue weighted by molar-refractivity contribution is 0.475. The van der Waals surface area contributed by atoms with Crippen LogP contribution in [-0.4, -0.2) is 15.4 Å². The molecule has 0 saturated carbocycles. The van der Waals surface area contributed by atoms with E-state index in [0.29, 0.717) is 17.8 Å². The average molecular weight is 306 g/mol. The maximum atomic E-state index is 14.3. The number of rotatable bonds is 1. The fraction of sp³-hybridized carbons (Fsp3) is 0.105. The maximum Gasteiger partial charge on any atom is 0.132 e. The van der Waals surface area contributed by atoms with Crippen molar-refractivity contribution in [3.05, 3.63) is 82.9 Å². The summed E-state index contributed by atoms with van der Waals surface area (Å²) in [4.78, 5) is 4.64. The Labute approximate surface area is 133 Å². The van der Waals surface area contributed by atoms with Crippen molar-refractivity contribution in [3.63, 3.8) is 0 Å². The number of hydrogen-bond acceptors (Lipinski definition) is 2. The Bertz CT molecular complexity index is 940. The summed E-state index contributed by atoms with van der Waals surface area (Å²) in [5, 5.41) is 9.92. The first-order chi connectivity index (χ1) is 11.1. The first-order valence-corrected chi connectivity index (χ1v) is 7.45. The molecule has 4 rings (SSSR count). The molecular formula is C19H15FN2O. The van der Waals surface area contributed by atoms with Crippen molar-refractivity contribution in [2.24, 2.45) is 4.99 Å². The van der Waals surface area contributed by atoms with Crippen molar-refractivity contribution in [1.82, 2.24) is 4.57 Å². The van der Waals surface area contributed by atoms with E-state index in [-0.39, 0.29) is 11.6 Å². The molecule has 0 atom stereocenters. The van der Waals surface area contributed by atoms with E-state index in [0.717, 1.165) is 22.6 Å². The molecule has 0 aliphatic carbocycles. The number of aromatic hydroxyl groups is 1. The van der Waals surface area contributed by atoms with Gasteiger partial charge in [-0.15, -0.1) is 0 Å². The number of aromatic nitrogens is 1. The standard InChI is InChI=1S/C19H15FN2O/c1-12-6-7-13-11-21-19(15-4-2-3-5-17(15)20)16-10-14(23)8-9-18(16)22(12)13/h2-10,23H,11H2,1H3. The first-order valence-electron chi connectivity index (χ1n) is 7.45. The van der Waals surface area contributed by atoms with Gasteiger partial charge in [-0.05, 0) is 49.4 Å². The Hall–Kier alpha value is -2.88. The highest BCUT2D eigenvalue weighted by atomic mass is 19.1. The molecule has 1 N–H and O–H groups in total. The Balaban J connectivity index is 2.03. The highest BCUT2D eigenvalue weighted by Gasteiger charge is 2.21. The summed E-state index contributed by atoms with van der Waals surface area (Å²) >= 11 is 0. The van der Waals surface area contributed by atoms with E-state index in [1.54, 1.807) is 30.3 Å². The number of halogens is 1. The molecule has 0 bridgehead atoms. The van der Waals surface area contributed by atoms with Crippen LogP contribution >= 0.6 is 0 Å². The van der Waals surface area contributed by atoms with Crippen LogP contribution in [0.3, 0.4) is 0 Å². The van der Waals surface area contributed by atoms with Crippen molar-refractivity contribution < 1.29 is 9.50 Å². The van der Waals surface area contributed by atoms with E-state index >= 15 is 0 Å². The van der Waals surface area contributed by atoms with Gasteiger partial charge in [-0.25, -0.2) is 4.39 Å². The van der Waals surface area contributed by atoms with Crippen LogP contribution in [0, 0.1) is 12.7 Å². The minimum Gasteiger partial charge on any atom is -0.508 e. The summed E-state index contributed by atoms with van der Waals surface area (Å²) in [6, 6.07) is 15.8. The van der Waals surface area contributed by atoms with Crippen molar-refractivity contribution >= 4 is 5.71 Å². The Morgan fingerprint density at radius 2 is 1.87 bits per heavy atom. The van der Waals surface area contributed by atoms with Gasteiger partial charge in [0.05, 0.1) is 17.9 Å². The van der Waals surface area contributed by atoms with Gasteiger partial charge < -0.3 is 9.67 Å². The van der Waals surface area contributed by atoms with Gasteiger partial charge in [0.25, 0.3) is 0 Å². The molecule has 114 valence electrons. The fourth-order valence-electron chi connectivity index (χ4n) is 3.10. The van der Waals surface area contributed by atoms with Crippen LogP contribution in [0.1, 0.15) is 22.5 Å². The summed E-state index contributed by atoms with van der Waals surface area (Å²) in [6.07, 6.45) is 0. The smallest absolute Gasteiger partial charge is 0.132 e. The number of fused-ring (bicyclic) bond motifs is 3. The summed E-state index contributed by atoms with van der Waals surface area (Å²) in [5.74, 6) is -0.176. The average Bonchev–Trinajstić information content (AvgIpc) is 2.82. The number of aliphatic imine (C=N–C) groups is 1. The molecule has 0 amide bonds. The minimum atomic E-state index is -0.316. The monoisotopic (exact) mass is 306 g/mol. The van der Waals surface area contributed by atoms with Crippen LogP contribution in [0.5, 0.6) is 5.75 Å². The summed E-state index contributed by atoms with van der Waals surface area (Å²) < 4.78 is 16.4. The quantitative estimate of drug-likeness (QED) is 0.725. The van der Waals surface area contributed by atoms with E-state index < -0.39 is 0 Å². The van der Waals surface area contributed by atoms with E-state index in [2.05, 4.69) is 9.56 Å². The second kappa shape index (κ2) is 5.09. The SMILES string of the molecule is Cc1ccc2n1-c1ccc(O)cc1C(c1ccccc1F)=NC2. The molecule has 2 aromatic carbocycles. The predicted octanol–water partition coefficient (Wildman–Crippen LogP) is 3.98. The number of aryl methyl sites for hydroxylation is 1. The van der Waals surface area contributed by atoms with Gasteiger partial charge in [0, 0.05) is 22.5 Å². The minimum absolute atomic E-state index is 0.140. The van der Waals surface area contributed by atoms with E-state index in [1.165, 1.54) is 6.07 Å². The van der Waals surface area contributed by atoms with E-state index in [1.807, 2.05) is 25.1 Å². The molecule has 3 aromatic rings. The zero-order valence-electron chi connectivity index (χ0n) is 12.6. The fourth-order valence-corrected chi connectivity index (χ4v) is 3.10. The molecule has 0 unspecified atom stereocenters. The van der Waals surface area contributed by atoms with Crippen LogP contribution in [0.4, 0.5) is 4.39 Å². The number of benzene rings is 2. The number of phenolic OH excluding ortho intramolecular Hbond substituents is 1. The molecule has 23 heavy (non-hydrogen) atoms. The topological polar surface area (TPSA) is 37.5 Å². The molecule has 1 aliphatic rings. The van der Waals surface area contributed by atoms with Gasteiger partial charge in [-0.2, -0.15) is 0 Å². The summed E-state index contributed by atoms with van der Waals surface area (Å²) in [6.45, 7) is 2.49. The molecule has 4 heteroatoms. The molecular weight excluding hydrogens is 291 g/mol. The summed E-state index contributed by atoms with van der Waals surface area (Å²) in [5.41, 5.74) is 4.77. The predicted molar refractivity (Wildman–Crippen MR) is 87.9 cm³/mol. The molecule has 1 aromatic heterocycles. The Morgan fingerprint density at radius 1 is 1.04 bits per heavy atom. The molecule has 1 aliphatic heterocycles. The molecule has 3 nitrogen and oxygen atoms in total. The van der Waals surface area contributed by atoms with Crippen LogP contribution < -0.4 is 0 Å². The lowest BCUT2D eigenvalue weighted by Crippen LogP contribution is -2.09.